The average Bonchev–Trinajstić information content (AvgIpc) is 2.68. The van der Waals surface area contributed by atoms with E-state index in [-0.39, 0.29) is 0 Å². The van der Waals surface area contributed by atoms with Crippen molar-refractivity contribution in [2.45, 2.75) is 45.2 Å². The van der Waals surface area contributed by atoms with E-state index in [4.69, 9.17) is 0 Å². The molecule has 0 aromatic heterocycles. The second-order valence-corrected chi connectivity index (χ2v) is 7.00. The van der Waals surface area contributed by atoms with Crippen LogP contribution in [0.25, 0.3) is 0 Å². The minimum Gasteiger partial charge on any atom is -0.308 e. The Labute approximate surface area is 118 Å². The zero-order valence-corrected chi connectivity index (χ0v) is 12.8. The van der Waals surface area contributed by atoms with Gasteiger partial charge in [-0.15, -0.1) is 0 Å². The fraction of sp³-hybridized carbons (Fsp3) is 0.647. The maximum atomic E-state index is 3.88. The van der Waals surface area contributed by atoms with Crippen LogP contribution in [0.1, 0.15) is 44.7 Å². The van der Waals surface area contributed by atoms with Gasteiger partial charge >= 0.3 is 0 Å². The van der Waals surface area contributed by atoms with E-state index in [0.29, 0.717) is 17.5 Å². The average molecular weight is 260 g/mol. The predicted molar refractivity (Wildman–Crippen MR) is 82.3 cm³/mol. The van der Waals surface area contributed by atoms with Crippen LogP contribution in [0, 0.1) is 5.41 Å². The van der Waals surface area contributed by atoms with Crippen LogP contribution in [0.4, 0.5) is 0 Å². The summed E-state index contributed by atoms with van der Waals surface area (Å²) in [5, 5.41) is 3.88. The fourth-order valence-electron chi connectivity index (χ4n) is 3.17. The van der Waals surface area contributed by atoms with Crippen LogP contribution in [0.15, 0.2) is 30.3 Å². The number of hydrogen-bond donors (Lipinski definition) is 1. The highest BCUT2D eigenvalue weighted by molar-refractivity contribution is 5.19. The van der Waals surface area contributed by atoms with Gasteiger partial charge in [-0.2, -0.15) is 0 Å². The lowest BCUT2D eigenvalue weighted by atomic mass is 9.91. The molecule has 1 aromatic carbocycles. The van der Waals surface area contributed by atoms with Crippen LogP contribution in [-0.4, -0.2) is 31.6 Å². The monoisotopic (exact) mass is 260 g/mol. The van der Waals surface area contributed by atoms with Crippen molar-refractivity contribution in [1.82, 2.24) is 10.2 Å². The van der Waals surface area contributed by atoms with Gasteiger partial charge in [-0.1, -0.05) is 44.2 Å². The summed E-state index contributed by atoms with van der Waals surface area (Å²) >= 11 is 0. The van der Waals surface area contributed by atoms with Gasteiger partial charge < -0.3 is 10.2 Å². The summed E-state index contributed by atoms with van der Waals surface area (Å²) in [7, 11) is 4.30. The molecule has 0 heterocycles. The van der Waals surface area contributed by atoms with E-state index in [1.807, 2.05) is 0 Å². The van der Waals surface area contributed by atoms with Gasteiger partial charge in [-0.05, 0) is 44.3 Å². The molecule has 2 rings (SSSR count). The zero-order chi connectivity index (χ0) is 13.9. The van der Waals surface area contributed by atoms with Gasteiger partial charge in [0.2, 0.25) is 0 Å². The van der Waals surface area contributed by atoms with Crippen molar-refractivity contribution in [3.05, 3.63) is 35.9 Å². The lowest BCUT2D eigenvalue weighted by molar-refractivity contribution is 0.305. The molecular weight excluding hydrogens is 232 g/mol. The molecule has 19 heavy (non-hydrogen) atoms. The van der Waals surface area contributed by atoms with E-state index in [0.717, 1.165) is 6.54 Å². The van der Waals surface area contributed by atoms with Crippen LogP contribution in [-0.2, 0) is 0 Å². The quantitative estimate of drug-likeness (QED) is 0.872. The van der Waals surface area contributed by atoms with Crippen molar-refractivity contribution in [2.75, 3.05) is 20.6 Å². The first-order valence-electron chi connectivity index (χ1n) is 7.42. The lowest BCUT2D eigenvalue weighted by Crippen LogP contribution is -2.37. The van der Waals surface area contributed by atoms with Crippen molar-refractivity contribution in [1.29, 1.82) is 0 Å². The van der Waals surface area contributed by atoms with Crippen molar-refractivity contribution in [3.63, 3.8) is 0 Å². The zero-order valence-electron chi connectivity index (χ0n) is 12.8. The van der Waals surface area contributed by atoms with Crippen LogP contribution >= 0.6 is 0 Å². The molecule has 1 aliphatic rings. The number of likely N-dealkylation sites (N-methyl/N-ethyl adjacent to an activating group) is 1. The van der Waals surface area contributed by atoms with Gasteiger partial charge in [-0.3, -0.25) is 0 Å². The molecular formula is C17H28N2. The molecule has 0 bridgehead atoms. The van der Waals surface area contributed by atoms with Crippen LogP contribution in [0.3, 0.4) is 0 Å². The molecule has 2 nitrogen and oxygen atoms in total. The first-order chi connectivity index (χ1) is 8.96. The Kier molecular flexibility index (Phi) is 4.64. The fourth-order valence-corrected chi connectivity index (χ4v) is 3.17. The first kappa shape index (κ1) is 14.5. The Morgan fingerprint density at radius 3 is 2.47 bits per heavy atom. The summed E-state index contributed by atoms with van der Waals surface area (Å²) in [5.41, 5.74) is 1.91. The minimum atomic E-state index is 0.440. The Hall–Kier alpha value is -0.860. The van der Waals surface area contributed by atoms with Crippen LogP contribution in [0.2, 0.25) is 0 Å². The smallest absolute Gasteiger partial charge is 0.0451 e. The summed E-state index contributed by atoms with van der Waals surface area (Å²) in [5.74, 6) is 0. The maximum absolute atomic E-state index is 3.88. The van der Waals surface area contributed by atoms with E-state index in [1.54, 1.807) is 0 Å². The first-order valence-corrected chi connectivity index (χ1v) is 7.42. The molecule has 0 aliphatic heterocycles. The number of nitrogens with zero attached hydrogens (tertiary/aromatic N) is 1. The van der Waals surface area contributed by atoms with Gasteiger partial charge in [0.05, 0.1) is 0 Å². The molecule has 0 radical (unpaired) electrons. The Morgan fingerprint density at radius 1 is 1.26 bits per heavy atom. The minimum absolute atomic E-state index is 0.440. The van der Waals surface area contributed by atoms with E-state index < -0.39 is 0 Å². The van der Waals surface area contributed by atoms with Crippen molar-refractivity contribution in [3.8, 4) is 0 Å². The molecule has 2 unspecified atom stereocenters. The molecule has 0 saturated heterocycles. The summed E-state index contributed by atoms with van der Waals surface area (Å²) < 4.78 is 0. The second kappa shape index (κ2) is 6.06. The summed E-state index contributed by atoms with van der Waals surface area (Å²) in [6.45, 7) is 5.83. The molecule has 1 N–H and O–H groups in total. The topological polar surface area (TPSA) is 15.3 Å². The lowest BCUT2D eigenvalue weighted by Gasteiger charge is -2.27. The number of nitrogens with one attached hydrogen (secondary N) is 1. The standard InChI is InChI=1S/C17H28N2/c1-17(2)11-10-15(12-17)18-16(13-19(3)4)14-8-6-5-7-9-14/h5-9,15-16,18H,10-13H2,1-4H3. The van der Waals surface area contributed by atoms with Crippen molar-refractivity contribution in [2.24, 2.45) is 5.41 Å². The van der Waals surface area contributed by atoms with E-state index in [9.17, 15) is 0 Å². The molecule has 0 spiro atoms. The van der Waals surface area contributed by atoms with Crippen LogP contribution in [0.5, 0.6) is 0 Å². The van der Waals surface area contributed by atoms with E-state index >= 15 is 0 Å². The van der Waals surface area contributed by atoms with Gasteiger partial charge in [0, 0.05) is 18.6 Å². The normalized spacial score (nSPS) is 23.7. The number of benzene rings is 1. The highest BCUT2D eigenvalue weighted by Gasteiger charge is 2.32. The largest absolute Gasteiger partial charge is 0.308 e. The van der Waals surface area contributed by atoms with Crippen LogP contribution < -0.4 is 5.32 Å². The molecule has 1 saturated carbocycles. The van der Waals surface area contributed by atoms with Crippen molar-refractivity contribution < 1.29 is 0 Å². The second-order valence-electron chi connectivity index (χ2n) is 7.00. The predicted octanol–water partition coefficient (Wildman–Crippen LogP) is 3.46. The van der Waals surface area contributed by atoms with Gasteiger partial charge in [0.15, 0.2) is 0 Å². The Balaban J connectivity index is 2.03. The molecule has 1 aliphatic carbocycles. The molecule has 1 fully saturated rings. The third kappa shape index (κ3) is 4.32. The summed E-state index contributed by atoms with van der Waals surface area (Å²) in [4.78, 5) is 2.27. The van der Waals surface area contributed by atoms with E-state index in [2.05, 4.69) is 68.5 Å². The van der Waals surface area contributed by atoms with Gasteiger partial charge in [0.25, 0.3) is 0 Å². The van der Waals surface area contributed by atoms with Gasteiger partial charge in [0.1, 0.15) is 0 Å². The third-order valence-electron chi connectivity index (χ3n) is 4.16. The SMILES string of the molecule is CN(C)CC(NC1CCC(C)(C)C1)c1ccccc1. The molecule has 0 amide bonds. The maximum Gasteiger partial charge on any atom is 0.0451 e. The molecule has 2 atom stereocenters. The third-order valence-corrected chi connectivity index (χ3v) is 4.16. The van der Waals surface area contributed by atoms with Gasteiger partial charge in [-0.25, -0.2) is 0 Å². The Morgan fingerprint density at radius 2 is 1.95 bits per heavy atom. The summed E-state index contributed by atoms with van der Waals surface area (Å²) in [6.07, 6.45) is 3.95. The highest BCUT2D eigenvalue weighted by Crippen LogP contribution is 2.37. The summed E-state index contributed by atoms with van der Waals surface area (Å²) in [6, 6.07) is 11.9. The Bertz CT molecular complexity index is 384. The molecule has 106 valence electrons. The molecule has 2 heteroatoms. The van der Waals surface area contributed by atoms with Crippen molar-refractivity contribution >= 4 is 0 Å². The molecule has 1 aromatic rings. The highest BCUT2D eigenvalue weighted by atomic mass is 15.1. The number of rotatable bonds is 5. The van der Waals surface area contributed by atoms with E-state index in [1.165, 1.54) is 24.8 Å². The number of hydrogen-bond acceptors (Lipinski definition) is 2.